The normalized spacial score (nSPS) is 12.9. The van der Waals surface area contributed by atoms with Crippen molar-refractivity contribution >= 4 is 66.8 Å². The van der Waals surface area contributed by atoms with Gasteiger partial charge in [0.2, 0.25) is 11.8 Å². The molecule has 2 amide bonds. The number of aromatic nitrogens is 2. The lowest BCUT2D eigenvalue weighted by Crippen LogP contribution is -2.44. The first kappa shape index (κ1) is 32.7. The Balaban J connectivity index is 1.05. The zero-order chi connectivity index (χ0) is 33.6. The molecule has 6 rings (SSSR count). The van der Waals surface area contributed by atoms with Gasteiger partial charge in [-0.05, 0) is 48.9 Å². The lowest BCUT2D eigenvalue weighted by molar-refractivity contribution is -0.123. The van der Waals surface area contributed by atoms with Gasteiger partial charge in [0.25, 0.3) is 0 Å². The van der Waals surface area contributed by atoms with Crippen LogP contribution in [0.1, 0.15) is 40.5 Å². The van der Waals surface area contributed by atoms with Crippen LogP contribution >= 0.6 is 0 Å². The Morgan fingerprint density at radius 3 is 1.08 bits per heavy atom. The second-order valence-corrected chi connectivity index (χ2v) is 13.1. The third-order valence-electron chi connectivity index (χ3n) is 8.88. The average molecular weight is 641 g/mol. The molecule has 2 aromatic heterocycles. The third kappa shape index (κ3) is 7.03. The summed E-state index contributed by atoms with van der Waals surface area (Å²) in [5.41, 5.74) is 5.41. The van der Waals surface area contributed by atoms with Crippen LogP contribution in [0.15, 0.2) is 97.1 Å². The van der Waals surface area contributed by atoms with Gasteiger partial charge in [0.15, 0.2) is 0 Å². The van der Waals surface area contributed by atoms with Crippen molar-refractivity contribution in [2.24, 2.45) is 11.8 Å². The van der Waals surface area contributed by atoms with E-state index in [0.717, 1.165) is 67.8 Å². The fraction of sp³-hybridized carbons (Fsp3) is 0.300. The first-order chi connectivity index (χ1) is 23.3. The van der Waals surface area contributed by atoms with Gasteiger partial charge in [0.1, 0.15) is 12.1 Å². The van der Waals surface area contributed by atoms with E-state index < -0.39 is 12.1 Å². The van der Waals surface area contributed by atoms with Crippen molar-refractivity contribution in [1.82, 2.24) is 20.6 Å². The molecule has 0 bridgehead atoms. The Labute approximate surface area is 281 Å². The zero-order valence-electron chi connectivity index (χ0n) is 28.1. The maximum absolute atomic E-state index is 13.5. The molecule has 48 heavy (non-hydrogen) atoms. The van der Waals surface area contributed by atoms with Crippen LogP contribution in [0.25, 0.3) is 43.6 Å². The lowest BCUT2D eigenvalue weighted by atomic mass is 10.0. The van der Waals surface area contributed by atoms with Crippen molar-refractivity contribution < 1.29 is 9.59 Å². The van der Waals surface area contributed by atoms with Gasteiger partial charge in [0, 0.05) is 34.6 Å². The van der Waals surface area contributed by atoms with E-state index in [4.69, 9.17) is 9.97 Å². The minimum atomic E-state index is -0.419. The quantitative estimate of drug-likeness (QED) is 0.0762. The van der Waals surface area contributed by atoms with E-state index in [1.807, 2.05) is 97.1 Å². The summed E-state index contributed by atoms with van der Waals surface area (Å²) < 4.78 is 0. The molecular formula is C40H44N6O2. The molecular weight excluding hydrogens is 596 g/mol. The van der Waals surface area contributed by atoms with Crippen LogP contribution in [0.5, 0.6) is 0 Å². The van der Waals surface area contributed by atoms with Gasteiger partial charge >= 0.3 is 0 Å². The Kier molecular flexibility index (Phi) is 9.99. The van der Waals surface area contributed by atoms with Crippen LogP contribution in [-0.2, 0) is 9.59 Å². The van der Waals surface area contributed by atoms with E-state index in [0.29, 0.717) is 13.1 Å². The van der Waals surface area contributed by atoms with Crippen molar-refractivity contribution in [3.05, 3.63) is 97.1 Å². The highest BCUT2D eigenvalue weighted by Crippen LogP contribution is 2.33. The topological polar surface area (TPSA) is 108 Å². The van der Waals surface area contributed by atoms with E-state index in [-0.39, 0.29) is 23.7 Å². The molecule has 0 fully saturated rings. The van der Waals surface area contributed by atoms with Gasteiger partial charge in [-0.3, -0.25) is 9.59 Å². The van der Waals surface area contributed by atoms with Crippen LogP contribution < -0.4 is 21.3 Å². The van der Waals surface area contributed by atoms with Gasteiger partial charge in [-0.2, -0.15) is 0 Å². The number of fused-ring (bicyclic) bond motifs is 4. The number of nitrogens with zero attached hydrogens (tertiary/aromatic N) is 2. The molecule has 0 aliphatic heterocycles. The maximum atomic E-state index is 13.5. The monoisotopic (exact) mass is 640 g/mol. The van der Waals surface area contributed by atoms with Crippen molar-refractivity contribution in [2.75, 3.05) is 23.7 Å². The Bertz CT molecular complexity index is 1820. The number of unbranched alkanes of at least 4 members (excludes halogenated alkanes) is 1. The molecule has 2 heterocycles. The summed E-state index contributed by atoms with van der Waals surface area (Å²) in [5, 5.41) is 17.4. The fourth-order valence-electron chi connectivity index (χ4n) is 6.26. The van der Waals surface area contributed by atoms with Crippen LogP contribution in [-0.4, -0.2) is 47.0 Å². The number of anilines is 2. The first-order valence-corrected chi connectivity index (χ1v) is 16.9. The third-order valence-corrected chi connectivity index (χ3v) is 8.88. The van der Waals surface area contributed by atoms with Gasteiger partial charge in [-0.15, -0.1) is 0 Å². The van der Waals surface area contributed by atoms with Crippen LogP contribution in [0.3, 0.4) is 0 Å². The first-order valence-electron chi connectivity index (χ1n) is 16.9. The number of para-hydroxylation sites is 4. The fourth-order valence-corrected chi connectivity index (χ4v) is 6.26. The van der Waals surface area contributed by atoms with E-state index in [1.165, 1.54) is 0 Å². The Morgan fingerprint density at radius 1 is 0.500 bits per heavy atom. The zero-order valence-corrected chi connectivity index (χ0v) is 28.1. The highest BCUT2D eigenvalue weighted by Gasteiger charge is 2.25. The standard InChI is InChI=1S/C40H44N6O2/c1-25(2)35(45-37-27-15-5-9-19-31(27)43-32-20-10-6-16-28(32)37)39(47)41-23-13-14-24-42-40(48)36(26(3)4)46-38-29-17-7-11-21-33(29)44-34-22-12-8-18-30(34)38/h5-12,15-22,25-26,35-36H,13-14,23-24H2,1-4H3,(H,41,47)(H,42,48)(H,43,45)(H,44,46)/t35-,36-/m0/s1. The summed E-state index contributed by atoms with van der Waals surface area (Å²) in [6.45, 7) is 9.25. The number of rotatable bonds is 13. The molecule has 8 heteroatoms. The van der Waals surface area contributed by atoms with Crippen molar-refractivity contribution in [2.45, 2.75) is 52.6 Å². The molecule has 0 saturated carbocycles. The number of hydrogen-bond donors (Lipinski definition) is 4. The number of pyridine rings is 2. The molecule has 4 N–H and O–H groups in total. The van der Waals surface area contributed by atoms with Gasteiger partial charge < -0.3 is 21.3 Å². The van der Waals surface area contributed by atoms with E-state index in [9.17, 15) is 9.59 Å². The molecule has 0 saturated heterocycles. The van der Waals surface area contributed by atoms with Crippen molar-refractivity contribution in [1.29, 1.82) is 0 Å². The van der Waals surface area contributed by atoms with Gasteiger partial charge in [-0.1, -0.05) is 100 Å². The number of hydrogen-bond acceptors (Lipinski definition) is 6. The number of nitrogens with one attached hydrogen (secondary N) is 4. The Hall–Kier alpha value is -5.24. The summed E-state index contributed by atoms with van der Waals surface area (Å²) in [5.74, 6) is 0.0370. The van der Waals surface area contributed by atoms with Gasteiger partial charge in [-0.25, -0.2) is 9.97 Å². The minimum Gasteiger partial charge on any atom is -0.372 e. The molecule has 0 spiro atoms. The Morgan fingerprint density at radius 2 is 0.792 bits per heavy atom. The maximum Gasteiger partial charge on any atom is 0.242 e. The second kappa shape index (κ2) is 14.7. The summed E-state index contributed by atoms with van der Waals surface area (Å²) in [7, 11) is 0. The predicted molar refractivity (Wildman–Crippen MR) is 198 cm³/mol. The summed E-state index contributed by atoms with van der Waals surface area (Å²) in [6.07, 6.45) is 1.49. The molecule has 2 atom stereocenters. The number of benzene rings is 4. The molecule has 0 aliphatic carbocycles. The van der Waals surface area contributed by atoms with Gasteiger partial charge in [0.05, 0.1) is 33.4 Å². The summed E-state index contributed by atoms with van der Waals surface area (Å²) in [4.78, 5) is 36.5. The number of carbonyl (C=O) groups is 2. The van der Waals surface area contributed by atoms with Crippen molar-refractivity contribution in [3.8, 4) is 0 Å². The van der Waals surface area contributed by atoms with E-state index in [2.05, 4.69) is 49.0 Å². The predicted octanol–water partition coefficient (Wildman–Crippen LogP) is 7.68. The number of carbonyl (C=O) groups excluding carboxylic acids is 2. The van der Waals surface area contributed by atoms with Crippen LogP contribution in [0, 0.1) is 11.8 Å². The molecule has 8 nitrogen and oxygen atoms in total. The minimum absolute atomic E-state index is 0.0418. The largest absolute Gasteiger partial charge is 0.372 e. The molecule has 246 valence electrons. The summed E-state index contributed by atoms with van der Waals surface area (Å²) in [6, 6.07) is 31.2. The molecule has 6 aromatic rings. The molecule has 0 aliphatic rings. The lowest BCUT2D eigenvalue weighted by Gasteiger charge is -2.25. The second-order valence-electron chi connectivity index (χ2n) is 13.1. The number of amides is 2. The van der Waals surface area contributed by atoms with Crippen LogP contribution in [0.2, 0.25) is 0 Å². The highest BCUT2D eigenvalue weighted by molar-refractivity contribution is 6.09. The van der Waals surface area contributed by atoms with E-state index in [1.54, 1.807) is 0 Å². The highest BCUT2D eigenvalue weighted by atomic mass is 16.2. The average Bonchev–Trinajstić information content (AvgIpc) is 3.09. The molecule has 0 radical (unpaired) electrons. The molecule has 0 unspecified atom stereocenters. The smallest absolute Gasteiger partial charge is 0.242 e. The van der Waals surface area contributed by atoms with E-state index >= 15 is 0 Å². The molecule has 4 aromatic carbocycles. The van der Waals surface area contributed by atoms with Crippen LogP contribution in [0.4, 0.5) is 11.4 Å². The summed E-state index contributed by atoms with van der Waals surface area (Å²) >= 11 is 0. The SMILES string of the molecule is CC(C)[C@H](Nc1c2ccccc2nc2ccccc12)C(=O)NCCCCNC(=O)[C@@H](Nc1c2ccccc2nc2ccccc12)C(C)C. The van der Waals surface area contributed by atoms with Crippen molar-refractivity contribution in [3.63, 3.8) is 0 Å².